The zero-order valence-electron chi connectivity index (χ0n) is 7.26. The number of nitrogens with zero attached hydrogens (tertiary/aromatic N) is 1. The molecule has 3 nitrogen and oxygen atoms in total. The van der Waals surface area contributed by atoms with Crippen LogP contribution in [0.2, 0.25) is 0 Å². The van der Waals surface area contributed by atoms with Crippen molar-refractivity contribution in [3.63, 3.8) is 0 Å². The Morgan fingerprint density at radius 1 is 1.64 bits per heavy atom. The summed E-state index contributed by atoms with van der Waals surface area (Å²) in [6, 6.07) is 0. The Labute approximate surface area is 67.7 Å². The average molecular weight is 156 g/mol. The van der Waals surface area contributed by atoms with Crippen molar-refractivity contribution in [2.24, 2.45) is 5.92 Å². The second-order valence-corrected chi connectivity index (χ2v) is 3.79. The molecule has 2 saturated heterocycles. The summed E-state index contributed by atoms with van der Waals surface area (Å²) >= 11 is 0. The molecule has 0 aromatic rings. The second kappa shape index (κ2) is 2.44. The van der Waals surface area contributed by atoms with Crippen molar-refractivity contribution in [1.29, 1.82) is 0 Å². The van der Waals surface area contributed by atoms with Gasteiger partial charge in [-0.2, -0.15) is 0 Å². The summed E-state index contributed by atoms with van der Waals surface area (Å²) < 4.78 is 5.59. The highest BCUT2D eigenvalue weighted by molar-refractivity contribution is 5.04. The maximum atomic E-state index is 5.59. The molecule has 0 aromatic carbocycles. The fraction of sp³-hybridized carbons (Fsp3) is 1.00. The minimum atomic E-state index is 0.134. The third-order valence-corrected chi connectivity index (χ3v) is 3.04. The maximum Gasteiger partial charge on any atom is 0.0980 e. The molecule has 2 fully saturated rings. The van der Waals surface area contributed by atoms with Crippen molar-refractivity contribution in [2.45, 2.75) is 5.60 Å². The average Bonchev–Trinajstić information content (AvgIpc) is 2.43. The lowest BCUT2D eigenvalue weighted by Gasteiger charge is -2.25. The van der Waals surface area contributed by atoms with E-state index in [0.717, 1.165) is 19.6 Å². The molecule has 0 spiro atoms. The van der Waals surface area contributed by atoms with E-state index in [2.05, 4.69) is 17.3 Å². The number of fused-ring (bicyclic) bond motifs is 1. The van der Waals surface area contributed by atoms with Gasteiger partial charge < -0.3 is 15.0 Å². The number of nitrogens with one attached hydrogen (secondary N) is 1. The molecule has 0 saturated carbocycles. The van der Waals surface area contributed by atoms with E-state index in [9.17, 15) is 0 Å². The van der Waals surface area contributed by atoms with Crippen molar-refractivity contribution in [2.75, 3.05) is 40.3 Å². The van der Waals surface area contributed by atoms with Crippen LogP contribution >= 0.6 is 0 Å². The zero-order valence-corrected chi connectivity index (χ0v) is 7.26. The molecule has 2 aliphatic rings. The van der Waals surface area contributed by atoms with Gasteiger partial charge in [0.25, 0.3) is 0 Å². The molecule has 0 aromatic heterocycles. The second-order valence-electron chi connectivity index (χ2n) is 3.79. The van der Waals surface area contributed by atoms with Gasteiger partial charge in [0.15, 0.2) is 0 Å². The fourth-order valence-corrected chi connectivity index (χ4v) is 2.41. The van der Waals surface area contributed by atoms with Crippen LogP contribution in [-0.4, -0.2) is 50.8 Å². The molecule has 2 atom stereocenters. The standard InChI is InChI=1S/C8H16N2O/c1-10-4-7-3-9-5-8(7,6-10)11-2/h7,9H,3-6H2,1-2H3. The van der Waals surface area contributed by atoms with Crippen LogP contribution in [0.25, 0.3) is 0 Å². The van der Waals surface area contributed by atoms with Crippen LogP contribution in [0.3, 0.4) is 0 Å². The highest BCUT2D eigenvalue weighted by atomic mass is 16.5. The highest BCUT2D eigenvalue weighted by Crippen LogP contribution is 2.32. The molecule has 1 N–H and O–H groups in total. The smallest absolute Gasteiger partial charge is 0.0980 e. The van der Waals surface area contributed by atoms with Crippen molar-refractivity contribution in [1.82, 2.24) is 10.2 Å². The summed E-state index contributed by atoms with van der Waals surface area (Å²) in [7, 11) is 4.00. The predicted octanol–water partition coefficient (Wildman–Crippen LogP) is -0.464. The number of ether oxygens (including phenoxy) is 1. The quantitative estimate of drug-likeness (QED) is 0.556. The van der Waals surface area contributed by atoms with Crippen molar-refractivity contribution in [3.05, 3.63) is 0 Å². The number of hydrogen-bond donors (Lipinski definition) is 1. The van der Waals surface area contributed by atoms with E-state index in [0.29, 0.717) is 5.92 Å². The maximum absolute atomic E-state index is 5.59. The molecule has 3 heteroatoms. The van der Waals surface area contributed by atoms with Gasteiger partial charge >= 0.3 is 0 Å². The van der Waals surface area contributed by atoms with E-state index >= 15 is 0 Å². The van der Waals surface area contributed by atoms with Crippen molar-refractivity contribution in [3.8, 4) is 0 Å². The monoisotopic (exact) mass is 156 g/mol. The molecule has 2 heterocycles. The first-order valence-corrected chi connectivity index (χ1v) is 4.21. The van der Waals surface area contributed by atoms with Gasteiger partial charge in [-0.05, 0) is 7.05 Å². The van der Waals surface area contributed by atoms with Gasteiger partial charge in [-0.3, -0.25) is 0 Å². The fourth-order valence-electron chi connectivity index (χ4n) is 2.41. The summed E-state index contributed by atoms with van der Waals surface area (Å²) in [6.45, 7) is 4.42. The Morgan fingerprint density at radius 2 is 2.45 bits per heavy atom. The van der Waals surface area contributed by atoms with Crippen LogP contribution in [0.5, 0.6) is 0 Å². The Bertz CT molecular complexity index is 162. The van der Waals surface area contributed by atoms with Gasteiger partial charge in [0.1, 0.15) is 0 Å². The lowest BCUT2D eigenvalue weighted by atomic mass is 9.95. The molecule has 2 unspecified atom stereocenters. The van der Waals surface area contributed by atoms with E-state index in [-0.39, 0.29) is 5.60 Å². The molecular formula is C8H16N2O. The van der Waals surface area contributed by atoms with E-state index in [1.165, 1.54) is 6.54 Å². The summed E-state index contributed by atoms with van der Waals surface area (Å²) in [5.74, 6) is 0.706. The van der Waals surface area contributed by atoms with Gasteiger partial charge in [-0.1, -0.05) is 0 Å². The van der Waals surface area contributed by atoms with E-state index in [1.54, 1.807) is 0 Å². The minimum Gasteiger partial charge on any atom is -0.375 e. The third kappa shape index (κ3) is 0.991. The molecular weight excluding hydrogens is 140 g/mol. The first kappa shape index (κ1) is 7.53. The van der Waals surface area contributed by atoms with Crippen LogP contribution < -0.4 is 5.32 Å². The van der Waals surface area contributed by atoms with Gasteiger partial charge in [0.05, 0.1) is 5.60 Å². The molecule has 0 bridgehead atoms. The van der Waals surface area contributed by atoms with Crippen LogP contribution in [0.4, 0.5) is 0 Å². The SMILES string of the molecule is COC12CNCC1CN(C)C2. The van der Waals surface area contributed by atoms with Crippen molar-refractivity contribution < 1.29 is 4.74 Å². The normalized spacial score (nSPS) is 44.7. The summed E-state index contributed by atoms with van der Waals surface area (Å²) in [5.41, 5.74) is 0.134. The third-order valence-electron chi connectivity index (χ3n) is 3.04. The topological polar surface area (TPSA) is 24.5 Å². The van der Waals surface area contributed by atoms with Gasteiger partial charge in [0.2, 0.25) is 0 Å². The van der Waals surface area contributed by atoms with E-state index in [1.807, 2.05) is 7.11 Å². The first-order valence-electron chi connectivity index (χ1n) is 4.21. The predicted molar refractivity (Wildman–Crippen MR) is 43.6 cm³/mol. The zero-order chi connectivity index (χ0) is 7.90. The van der Waals surface area contributed by atoms with Crippen LogP contribution in [-0.2, 0) is 4.74 Å². The summed E-state index contributed by atoms with van der Waals surface area (Å²) in [6.07, 6.45) is 0. The van der Waals surface area contributed by atoms with Crippen LogP contribution in [0.15, 0.2) is 0 Å². The minimum absolute atomic E-state index is 0.134. The summed E-state index contributed by atoms with van der Waals surface area (Å²) in [5, 5.41) is 3.38. The van der Waals surface area contributed by atoms with Gasteiger partial charge in [-0.25, -0.2) is 0 Å². The Kier molecular flexibility index (Phi) is 1.67. The van der Waals surface area contributed by atoms with E-state index in [4.69, 9.17) is 4.74 Å². The molecule has 64 valence electrons. The molecule has 11 heavy (non-hydrogen) atoms. The molecule has 2 aliphatic heterocycles. The van der Waals surface area contributed by atoms with E-state index < -0.39 is 0 Å². The molecule has 0 amide bonds. The largest absolute Gasteiger partial charge is 0.375 e. The first-order chi connectivity index (χ1) is 5.27. The Hall–Kier alpha value is -0.120. The number of rotatable bonds is 1. The van der Waals surface area contributed by atoms with Gasteiger partial charge in [-0.15, -0.1) is 0 Å². The molecule has 0 radical (unpaired) electrons. The highest BCUT2D eigenvalue weighted by Gasteiger charge is 2.48. The van der Waals surface area contributed by atoms with Crippen LogP contribution in [0, 0.1) is 5.92 Å². The van der Waals surface area contributed by atoms with Gasteiger partial charge in [0, 0.05) is 39.2 Å². The van der Waals surface area contributed by atoms with Crippen LogP contribution in [0.1, 0.15) is 0 Å². The lowest BCUT2D eigenvalue weighted by Crippen LogP contribution is -2.40. The number of likely N-dealkylation sites (N-methyl/N-ethyl adjacent to an activating group) is 1. The summed E-state index contributed by atoms with van der Waals surface area (Å²) in [4.78, 5) is 2.36. The Morgan fingerprint density at radius 3 is 3.09 bits per heavy atom. The Balaban J connectivity index is 2.15. The lowest BCUT2D eigenvalue weighted by molar-refractivity contribution is -0.00444. The number of likely N-dealkylation sites (tertiary alicyclic amines) is 1. The number of hydrogen-bond acceptors (Lipinski definition) is 3. The molecule has 2 rings (SSSR count). The molecule has 0 aliphatic carbocycles. The number of methoxy groups -OCH3 is 1. The van der Waals surface area contributed by atoms with Crippen molar-refractivity contribution >= 4 is 0 Å².